The van der Waals surface area contributed by atoms with Crippen molar-refractivity contribution in [3.63, 3.8) is 0 Å². The fourth-order valence-electron chi connectivity index (χ4n) is 4.31. The van der Waals surface area contributed by atoms with Gasteiger partial charge in [0, 0.05) is 12.2 Å². The summed E-state index contributed by atoms with van der Waals surface area (Å²) in [6, 6.07) is 26.1. The number of carbonyl (C=O) groups is 1. The molecular formula is C28H30N2O2. The van der Waals surface area contributed by atoms with Crippen LogP contribution in [-0.2, 0) is 12.1 Å². The summed E-state index contributed by atoms with van der Waals surface area (Å²) in [4.78, 5) is 15.7. The third-order valence-electron chi connectivity index (χ3n) is 6.00. The van der Waals surface area contributed by atoms with Crippen LogP contribution in [0.15, 0.2) is 91.0 Å². The molecule has 0 fully saturated rings. The van der Waals surface area contributed by atoms with E-state index < -0.39 is 5.66 Å². The van der Waals surface area contributed by atoms with Crippen molar-refractivity contribution in [3.8, 4) is 5.75 Å². The Kier molecular flexibility index (Phi) is 6.31. The number of nitrogens with zero attached hydrogens (tertiary/aromatic N) is 1. The average Bonchev–Trinajstić information content (AvgIpc) is 2.83. The number of benzene rings is 3. The van der Waals surface area contributed by atoms with E-state index >= 15 is 0 Å². The molecule has 1 unspecified atom stereocenters. The maximum Gasteiger partial charge on any atom is 0.258 e. The minimum atomic E-state index is -0.632. The molecule has 1 aliphatic heterocycles. The van der Waals surface area contributed by atoms with Gasteiger partial charge in [0.25, 0.3) is 5.91 Å². The summed E-state index contributed by atoms with van der Waals surface area (Å²) >= 11 is 0. The lowest BCUT2D eigenvalue weighted by Crippen LogP contribution is -2.57. The van der Waals surface area contributed by atoms with Gasteiger partial charge < -0.3 is 15.0 Å². The molecule has 0 radical (unpaired) electrons. The zero-order chi connectivity index (χ0) is 22.6. The van der Waals surface area contributed by atoms with Crippen LogP contribution in [0, 0.1) is 0 Å². The molecule has 0 saturated carbocycles. The van der Waals surface area contributed by atoms with Crippen molar-refractivity contribution in [2.75, 3.05) is 18.5 Å². The van der Waals surface area contributed by atoms with Crippen molar-refractivity contribution >= 4 is 11.6 Å². The lowest BCUT2D eigenvalue weighted by atomic mass is 9.89. The summed E-state index contributed by atoms with van der Waals surface area (Å²) in [7, 11) is 0. The maximum atomic E-state index is 13.7. The Morgan fingerprint density at radius 1 is 1.00 bits per heavy atom. The maximum absolute atomic E-state index is 13.7. The van der Waals surface area contributed by atoms with E-state index in [2.05, 4.69) is 43.1 Å². The van der Waals surface area contributed by atoms with Crippen molar-refractivity contribution in [2.45, 2.75) is 32.4 Å². The van der Waals surface area contributed by atoms with Crippen LogP contribution in [-0.4, -0.2) is 24.0 Å². The van der Waals surface area contributed by atoms with E-state index in [1.54, 1.807) is 0 Å². The van der Waals surface area contributed by atoms with E-state index in [4.69, 9.17) is 4.74 Å². The Hall–Kier alpha value is -3.53. The molecule has 1 atom stereocenters. The molecule has 32 heavy (non-hydrogen) atoms. The van der Waals surface area contributed by atoms with Crippen LogP contribution in [0.5, 0.6) is 5.75 Å². The predicted octanol–water partition coefficient (Wildman–Crippen LogP) is 6.01. The molecule has 1 N–H and O–H groups in total. The van der Waals surface area contributed by atoms with Crippen molar-refractivity contribution in [3.05, 3.63) is 108 Å². The highest BCUT2D eigenvalue weighted by Crippen LogP contribution is 2.40. The number of fused-ring (bicyclic) bond motifs is 1. The second-order valence-electron chi connectivity index (χ2n) is 8.35. The van der Waals surface area contributed by atoms with Crippen molar-refractivity contribution in [1.29, 1.82) is 0 Å². The predicted molar refractivity (Wildman–Crippen MR) is 130 cm³/mol. The highest BCUT2D eigenvalue weighted by atomic mass is 16.5. The van der Waals surface area contributed by atoms with Crippen LogP contribution in [0.4, 0.5) is 5.69 Å². The molecule has 0 aromatic heterocycles. The Bertz CT molecular complexity index is 1090. The molecule has 3 aromatic carbocycles. The number of carbonyl (C=O) groups excluding carboxylic acids is 1. The van der Waals surface area contributed by atoms with Crippen LogP contribution in [0.3, 0.4) is 0 Å². The summed E-state index contributed by atoms with van der Waals surface area (Å²) < 4.78 is 5.79. The zero-order valence-corrected chi connectivity index (χ0v) is 18.8. The van der Waals surface area contributed by atoms with Gasteiger partial charge in [-0.2, -0.15) is 0 Å². The zero-order valence-electron chi connectivity index (χ0n) is 18.8. The first kappa shape index (κ1) is 21.7. The molecule has 164 valence electrons. The molecule has 0 spiro atoms. The molecule has 0 saturated heterocycles. The van der Waals surface area contributed by atoms with E-state index in [1.165, 1.54) is 5.56 Å². The molecular weight excluding hydrogens is 396 g/mol. The Balaban J connectivity index is 1.70. The number of anilines is 1. The second-order valence-corrected chi connectivity index (χ2v) is 8.35. The number of ether oxygens (including phenoxy) is 1. The van der Waals surface area contributed by atoms with Crippen molar-refractivity contribution in [2.24, 2.45) is 0 Å². The van der Waals surface area contributed by atoms with Gasteiger partial charge in [-0.3, -0.25) is 4.79 Å². The monoisotopic (exact) mass is 426 g/mol. The van der Waals surface area contributed by atoms with Crippen LogP contribution in [0.2, 0.25) is 0 Å². The summed E-state index contributed by atoms with van der Waals surface area (Å²) in [5.74, 6) is 0.848. The Morgan fingerprint density at radius 3 is 2.38 bits per heavy atom. The minimum Gasteiger partial charge on any atom is -0.489 e. The summed E-state index contributed by atoms with van der Waals surface area (Å²) in [6.07, 6.45) is 1.52. The van der Waals surface area contributed by atoms with Gasteiger partial charge in [0.05, 0.1) is 5.56 Å². The van der Waals surface area contributed by atoms with E-state index in [1.807, 2.05) is 66.4 Å². The van der Waals surface area contributed by atoms with Gasteiger partial charge in [-0.1, -0.05) is 68.1 Å². The quantitative estimate of drug-likeness (QED) is 0.448. The highest BCUT2D eigenvalue weighted by molar-refractivity contribution is 6.02. The summed E-state index contributed by atoms with van der Waals surface area (Å²) in [5, 5.41) is 3.71. The third-order valence-corrected chi connectivity index (χ3v) is 6.00. The molecule has 4 rings (SSSR count). The van der Waals surface area contributed by atoms with E-state index in [-0.39, 0.29) is 5.91 Å². The number of rotatable bonds is 8. The lowest BCUT2D eigenvalue weighted by molar-refractivity contribution is 0.0487. The van der Waals surface area contributed by atoms with Crippen LogP contribution in [0.1, 0.15) is 41.8 Å². The van der Waals surface area contributed by atoms with Gasteiger partial charge in [0.15, 0.2) is 0 Å². The highest BCUT2D eigenvalue weighted by Gasteiger charge is 2.44. The van der Waals surface area contributed by atoms with Gasteiger partial charge in [0.2, 0.25) is 0 Å². The van der Waals surface area contributed by atoms with Gasteiger partial charge in [-0.05, 0) is 60.7 Å². The standard InChI is InChI=1S/C28H30N2O2/c1-4-28(23-14-16-24(17-15-23)32-20-21(2)3)29-26-13-9-8-12-25(26)27(31)30(28)19-18-22-10-6-5-7-11-22/h5-17,29H,2,4,18-20H2,1,3H3. The lowest BCUT2D eigenvalue weighted by Gasteiger charge is -2.48. The minimum absolute atomic E-state index is 0.0553. The van der Waals surface area contributed by atoms with E-state index in [0.717, 1.165) is 35.4 Å². The fraction of sp³-hybridized carbons (Fsp3) is 0.250. The number of amides is 1. The largest absolute Gasteiger partial charge is 0.489 e. The average molecular weight is 427 g/mol. The first-order chi connectivity index (χ1) is 15.5. The third kappa shape index (κ3) is 4.26. The smallest absolute Gasteiger partial charge is 0.258 e. The number of nitrogens with one attached hydrogen (secondary N) is 1. The molecule has 1 amide bonds. The van der Waals surface area contributed by atoms with Gasteiger partial charge >= 0.3 is 0 Å². The summed E-state index contributed by atoms with van der Waals surface area (Å²) in [6.45, 7) is 9.06. The van der Waals surface area contributed by atoms with Crippen LogP contribution in [0.25, 0.3) is 0 Å². The van der Waals surface area contributed by atoms with Crippen LogP contribution >= 0.6 is 0 Å². The molecule has 0 aliphatic carbocycles. The van der Waals surface area contributed by atoms with E-state index in [9.17, 15) is 4.79 Å². The Morgan fingerprint density at radius 2 is 1.69 bits per heavy atom. The topological polar surface area (TPSA) is 41.6 Å². The fourth-order valence-corrected chi connectivity index (χ4v) is 4.31. The molecule has 1 aliphatic rings. The van der Waals surface area contributed by atoms with Crippen molar-refractivity contribution in [1.82, 2.24) is 4.90 Å². The molecule has 0 bridgehead atoms. The molecule has 4 heteroatoms. The Labute approximate surface area is 190 Å². The normalized spacial score (nSPS) is 17.4. The molecule has 1 heterocycles. The second kappa shape index (κ2) is 9.31. The summed E-state index contributed by atoms with van der Waals surface area (Å²) in [5.41, 5.74) is 4.19. The van der Waals surface area contributed by atoms with E-state index in [0.29, 0.717) is 18.7 Å². The van der Waals surface area contributed by atoms with Crippen LogP contribution < -0.4 is 10.1 Å². The van der Waals surface area contributed by atoms with Crippen molar-refractivity contribution < 1.29 is 9.53 Å². The first-order valence-corrected chi connectivity index (χ1v) is 11.1. The first-order valence-electron chi connectivity index (χ1n) is 11.1. The molecule has 4 nitrogen and oxygen atoms in total. The number of para-hydroxylation sites is 1. The SMILES string of the molecule is C=C(C)COc1ccc(C2(CC)Nc3ccccc3C(=O)N2CCc2ccccc2)cc1. The van der Waals surface area contributed by atoms with Gasteiger partial charge in [-0.15, -0.1) is 0 Å². The number of hydrogen-bond acceptors (Lipinski definition) is 3. The van der Waals surface area contributed by atoms with Gasteiger partial charge in [-0.25, -0.2) is 0 Å². The number of hydrogen-bond donors (Lipinski definition) is 1. The molecule has 3 aromatic rings. The van der Waals surface area contributed by atoms with Gasteiger partial charge in [0.1, 0.15) is 18.0 Å².